The highest BCUT2D eigenvalue weighted by Gasteiger charge is 2.35. The number of carbonyl (C=O) groups excluding carboxylic acids is 2. The molecule has 2 aromatic carbocycles. The maximum absolute atomic E-state index is 14.8. The van der Waals surface area contributed by atoms with Gasteiger partial charge < -0.3 is 23.5 Å². The van der Waals surface area contributed by atoms with Crippen molar-refractivity contribution in [3.05, 3.63) is 83.6 Å². The minimum absolute atomic E-state index is 0.0401. The lowest BCUT2D eigenvalue weighted by molar-refractivity contribution is -0.146. The van der Waals surface area contributed by atoms with E-state index in [1.54, 1.807) is 34.9 Å². The van der Waals surface area contributed by atoms with Gasteiger partial charge in [-0.15, -0.1) is 0 Å². The quantitative estimate of drug-likeness (QED) is 0.0766. The van der Waals surface area contributed by atoms with Crippen LogP contribution in [0.3, 0.4) is 0 Å². The highest BCUT2D eigenvalue weighted by molar-refractivity contribution is 7.52. The molecule has 2 fully saturated rings. The molecule has 3 heterocycles. The maximum Gasteiger partial charge on any atom is 0.461 e. The van der Waals surface area contributed by atoms with Crippen LogP contribution in [0.25, 0.3) is 11.2 Å². The number of benzene rings is 2. The van der Waals surface area contributed by atoms with Crippen LogP contribution in [-0.2, 0) is 31.8 Å². The SMILES string of the molecule is CCC(CC)COC(=O)[C@H](C)N[P@@](=O)(OCn1c(C[C@H]2CCCCN2C(=O)c2cc(OC(C)C)ccc2C2CCCC2)nc2ncc(F)cc21)Oc1ccccc1. The molecule has 3 atom stereocenters. The summed E-state index contributed by atoms with van der Waals surface area (Å²) in [5, 5.41) is 2.76. The fourth-order valence-electron chi connectivity index (χ4n) is 7.82. The van der Waals surface area contributed by atoms with Gasteiger partial charge in [0, 0.05) is 30.6 Å². The van der Waals surface area contributed by atoms with Crippen molar-refractivity contribution in [3.63, 3.8) is 0 Å². The first-order valence-corrected chi connectivity index (χ1v) is 22.1. The van der Waals surface area contributed by atoms with E-state index >= 15 is 0 Å². The number of para-hydroxylation sites is 1. The number of hydrogen-bond acceptors (Lipinski definition) is 9. The van der Waals surface area contributed by atoms with E-state index in [1.807, 2.05) is 44.7 Å². The van der Waals surface area contributed by atoms with Gasteiger partial charge in [-0.2, -0.15) is 5.09 Å². The largest absolute Gasteiger partial charge is 0.491 e. The molecule has 6 rings (SSSR count). The summed E-state index contributed by atoms with van der Waals surface area (Å²) in [4.78, 5) is 38.7. The Morgan fingerprint density at radius 3 is 2.42 bits per heavy atom. The van der Waals surface area contributed by atoms with Crippen molar-refractivity contribution >= 4 is 30.8 Å². The molecule has 1 saturated heterocycles. The normalized spacial score (nSPS) is 17.9. The fraction of sp³-hybridized carbons (Fsp3) is 0.535. The van der Waals surface area contributed by atoms with E-state index in [2.05, 4.69) is 16.1 Å². The Bertz CT molecular complexity index is 2020. The average molecular weight is 806 g/mol. The summed E-state index contributed by atoms with van der Waals surface area (Å²) in [5.74, 6) is 0.703. The molecule has 0 spiro atoms. The zero-order chi connectivity index (χ0) is 40.5. The van der Waals surface area contributed by atoms with Crippen molar-refractivity contribution in [2.75, 3.05) is 13.2 Å². The number of carbonyl (C=O) groups is 2. The number of imidazole rings is 1. The molecule has 57 heavy (non-hydrogen) atoms. The lowest BCUT2D eigenvalue weighted by Crippen LogP contribution is -2.45. The van der Waals surface area contributed by atoms with Crippen molar-refractivity contribution < 1.29 is 37.1 Å². The summed E-state index contributed by atoms with van der Waals surface area (Å²) in [5.41, 5.74) is 2.33. The molecule has 0 bridgehead atoms. The van der Waals surface area contributed by atoms with E-state index in [9.17, 15) is 18.5 Å². The van der Waals surface area contributed by atoms with Crippen LogP contribution < -0.4 is 14.3 Å². The molecule has 1 aliphatic carbocycles. The van der Waals surface area contributed by atoms with Crippen molar-refractivity contribution in [2.45, 2.75) is 130 Å². The van der Waals surface area contributed by atoms with E-state index in [0.717, 1.165) is 69.5 Å². The zero-order valence-corrected chi connectivity index (χ0v) is 34.7. The number of pyridine rings is 1. The lowest BCUT2D eigenvalue weighted by Gasteiger charge is -2.36. The summed E-state index contributed by atoms with van der Waals surface area (Å²) < 4.78 is 54.5. The van der Waals surface area contributed by atoms with Crippen LogP contribution in [0.4, 0.5) is 4.39 Å². The van der Waals surface area contributed by atoms with Crippen molar-refractivity contribution in [1.82, 2.24) is 24.5 Å². The number of likely N-dealkylation sites (tertiary alicyclic amines) is 1. The van der Waals surface area contributed by atoms with E-state index < -0.39 is 25.6 Å². The molecule has 1 aliphatic heterocycles. The first-order chi connectivity index (χ1) is 27.5. The Hall–Kier alpha value is -4.32. The smallest absolute Gasteiger partial charge is 0.461 e. The number of hydrogen-bond donors (Lipinski definition) is 1. The van der Waals surface area contributed by atoms with E-state index in [-0.39, 0.29) is 48.7 Å². The predicted octanol–water partition coefficient (Wildman–Crippen LogP) is 9.37. The molecule has 14 heteroatoms. The van der Waals surface area contributed by atoms with E-state index in [4.69, 9.17) is 23.5 Å². The first-order valence-electron chi connectivity index (χ1n) is 20.5. The van der Waals surface area contributed by atoms with Crippen LogP contribution in [0.5, 0.6) is 11.5 Å². The summed E-state index contributed by atoms with van der Waals surface area (Å²) >= 11 is 0. The number of aromatic nitrogens is 3. The van der Waals surface area contributed by atoms with E-state index in [0.29, 0.717) is 41.5 Å². The number of esters is 1. The molecular weight excluding hydrogens is 748 g/mol. The molecule has 1 saturated carbocycles. The Morgan fingerprint density at radius 2 is 1.70 bits per heavy atom. The summed E-state index contributed by atoms with van der Waals surface area (Å²) in [6.07, 6.45) is 9.96. The number of nitrogens with one attached hydrogen (secondary N) is 1. The number of nitrogens with zero attached hydrogens (tertiary/aromatic N) is 4. The van der Waals surface area contributed by atoms with Gasteiger partial charge in [-0.05, 0) is 94.5 Å². The first kappa shape index (κ1) is 42.3. The van der Waals surface area contributed by atoms with Gasteiger partial charge in [0.05, 0.1) is 24.4 Å². The monoisotopic (exact) mass is 805 g/mol. The number of piperidine rings is 1. The molecule has 0 radical (unpaired) electrons. The Balaban J connectivity index is 1.28. The molecule has 2 aliphatic rings. The second kappa shape index (κ2) is 19.4. The van der Waals surface area contributed by atoms with Crippen molar-refractivity contribution in [3.8, 4) is 11.5 Å². The third kappa shape index (κ3) is 10.8. The van der Waals surface area contributed by atoms with Gasteiger partial charge in [0.1, 0.15) is 35.9 Å². The average Bonchev–Trinajstić information content (AvgIpc) is 3.85. The molecule has 1 amide bonds. The fourth-order valence-corrected chi connectivity index (χ4v) is 9.24. The highest BCUT2D eigenvalue weighted by atomic mass is 31.2. The molecule has 2 aromatic heterocycles. The third-order valence-corrected chi connectivity index (χ3v) is 12.6. The highest BCUT2D eigenvalue weighted by Crippen LogP contribution is 2.46. The van der Waals surface area contributed by atoms with Gasteiger partial charge in [0.2, 0.25) is 0 Å². The Morgan fingerprint density at radius 1 is 0.965 bits per heavy atom. The van der Waals surface area contributed by atoms with Crippen LogP contribution in [0, 0.1) is 11.7 Å². The van der Waals surface area contributed by atoms with Gasteiger partial charge in [0.15, 0.2) is 5.65 Å². The predicted molar refractivity (Wildman–Crippen MR) is 217 cm³/mol. The second-order valence-electron chi connectivity index (χ2n) is 15.5. The van der Waals surface area contributed by atoms with Crippen molar-refractivity contribution in [2.24, 2.45) is 5.92 Å². The Labute approximate surface area is 335 Å². The maximum atomic E-state index is 14.8. The van der Waals surface area contributed by atoms with Crippen molar-refractivity contribution in [1.29, 1.82) is 0 Å². The molecule has 308 valence electrons. The zero-order valence-electron chi connectivity index (χ0n) is 33.8. The number of halogens is 1. The minimum Gasteiger partial charge on any atom is -0.491 e. The third-order valence-electron chi connectivity index (χ3n) is 11.0. The number of amides is 1. The van der Waals surface area contributed by atoms with Gasteiger partial charge in [-0.25, -0.2) is 18.9 Å². The number of rotatable bonds is 18. The topological polar surface area (TPSA) is 134 Å². The molecule has 0 unspecified atom stereocenters. The van der Waals surface area contributed by atoms with Crippen LogP contribution in [0.15, 0.2) is 60.8 Å². The second-order valence-corrected chi connectivity index (χ2v) is 17.2. The number of fused-ring (bicyclic) bond motifs is 1. The van der Waals surface area contributed by atoms with Gasteiger partial charge >= 0.3 is 13.7 Å². The molecule has 4 aromatic rings. The summed E-state index contributed by atoms with van der Waals surface area (Å²) in [6.45, 7) is 9.97. The lowest BCUT2D eigenvalue weighted by atomic mass is 9.90. The number of ether oxygens (including phenoxy) is 2. The summed E-state index contributed by atoms with van der Waals surface area (Å²) in [6, 6.07) is 14.4. The minimum atomic E-state index is -4.30. The standard InChI is InChI=1S/C43H57FN5O7P/c1-6-31(7-2)27-53-43(51)30(5)47-57(52,56-35-18-9-8-10-19-35)54-28-49-39-23-33(44)26-45-41(39)46-40(49)24-34-17-13-14-22-48(34)42(50)38-25-36(55-29(3)4)20-21-37(38)32-15-11-12-16-32/h8-10,18-21,23,25-26,29-32,34H,6-7,11-17,22,24,27-28H2,1-5H3,(H,47,52)/t30-,34+,57+/m0/s1. The van der Waals surface area contributed by atoms with Gasteiger partial charge in [-0.3, -0.25) is 14.1 Å². The van der Waals surface area contributed by atoms with Gasteiger partial charge in [-0.1, -0.05) is 63.8 Å². The molecular formula is C43H57FN5O7P. The van der Waals surface area contributed by atoms with Gasteiger partial charge in [0.25, 0.3) is 5.91 Å². The van der Waals surface area contributed by atoms with E-state index in [1.165, 1.54) is 13.0 Å². The molecule has 12 nitrogen and oxygen atoms in total. The Kier molecular flexibility index (Phi) is 14.4. The van der Waals surface area contributed by atoms with Crippen LogP contribution >= 0.6 is 7.75 Å². The van der Waals surface area contributed by atoms with Crippen LogP contribution in [-0.4, -0.2) is 62.7 Å². The van der Waals surface area contributed by atoms with Crippen LogP contribution in [0.2, 0.25) is 0 Å². The summed E-state index contributed by atoms with van der Waals surface area (Å²) in [7, 11) is -4.30. The van der Waals surface area contributed by atoms with Crippen LogP contribution in [0.1, 0.15) is 120 Å². The molecule has 1 N–H and O–H groups in total.